The van der Waals surface area contributed by atoms with Crippen molar-refractivity contribution >= 4 is 17.8 Å². The van der Waals surface area contributed by atoms with E-state index in [4.69, 9.17) is 9.84 Å². The van der Waals surface area contributed by atoms with Crippen molar-refractivity contribution in [2.45, 2.75) is 50.7 Å². The van der Waals surface area contributed by atoms with E-state index in [1.54, 1.807) is 0 Å². The Hall–Kier alpha value is -1.63. The van der Waals surface area contributed by atoms with Crippen molar-refractivity contribution < 1.29 is 29.0 Å². The maximum atomic E-state index is 11.8. The summed E-state index contributed by atoms with van der Waals surface area (Å²) in [6, 6.07) is -1.08. The van der Waals surface area contributed by atoms with Crippen LogP contribution in [0, 0.1) is 0 Å². The molecule has 20 heavy (non-hydrogen) atoms. The molecule has 1 fully saturated rings. The first-order chi connectivity index (χ1) is 9.52. The molecule has 1 amide bonds. The maximum absolute atomic E-state index is 11.8. The van der Waals surface area contributed by atoms with Gasteiger partial charge in [0.2, 0.25) is 5.91 Å². The van der Waals surface area contributed by atoms with Gasteiger partial charge in [-0.05, 0) is 25.7 Å². The Bertz CT molecular complexity index is 351. The summed E-state index contributed by atoms with van der Waals surface area (Å²) < 4.78 is 9.87. The fraction of sp³-hybridized carbons (Fsp3) is 0.769. The molecular weight excluding hydrogens is 266 g/mol. The molecule has 1 aliphatic heterocycles. The van der Waals surface area contributed by atoms with Crippen LogP contribution in [0.5, 0.6) is 0 Å². The van der Waals surface area contributed by atoms with Gasteiger partial charge in [0.25, 0.3) is 0 Å². The summed E-state index contributed by atoms with van der Waals surface area (Å²) in [6.45, 7) is 0.642. The molecular formula is C13H21NO6. The molecule has 0 radical (unpaired) electrons. The van der Waals surface area contributed by atoms with Gasteiger partial charge in [-0.25, -0.2) is 4.79 Å². The zero-order chi connectivity index (χ0) is 15.0. The number of hydrogen-bond acceptors (Lipinski definition) is 5. The molecule has 0 aromatic heterocycles. The largest absolute Gasteiger partial charge is 0.480 e. The molecule has 7 nitrogen and oxygen atoms in total. The minimum atomic E-state index is -1.16. The molecule has 2 atom stereocenters. The summed E-state index contributed by atoms with van der Waals surface area (Å²) in [5.41, 5.74) is 0. The summed E-state index contributed by atoms with van der Waals surface area (Å²) in [7, 11) is 1.23. The van der Waals surface area contributed by atoms with Crippen LogP contribution >= 0.6 is 0 Å². The summed E-state index contributed by atoms with van der Waals surface area (Å²) in [5, 5.41) is 11.4. The number of aliphatic carboxylic acids is 1. The van der Waals surface area contributed by atoms with E-state index in [0.717, 1.165) is 19.3 Å². The van der Waals surface area contributed by atoms with Gasteiger partial charge in [0.05, 0.1) is 19.6 Å². The standard InChI is InChI=1S/C13H21NO6/c1-19-12(16)6-5-10(13(17)18)14-11(15)8-9-4-2-3-7-20-9/h9-10H,2-8H2,1H3,(H,14,15)(H,17,18)/t9?,10-/m0/s1. The van der Waals surface area contributed by atoms with Crippen LogP contribution in [0.4, 0.5) is 0 Å². The summed E-state index contributed by atoms with van der Waals surface area (Å²) in [5.74, 6) is -2.03. The molecule has 0 aliphatic carbocycles. The van der Waals surface area contributed by atoms with E-state index >= 15 is 0 Å². The van der Waals surface area contributed by atoms with E-state index < -0.39 is 18.0 Å². The van der Waals surface area contributed by atoms with Crippen molar-refractivity contribution in [3.63, 3.8) is 0 Å². The zero-order valence-electron chi connectivity index (χ0n) is 11.6. The van der Waals surface area contributed by atoms with Crippen molar-refractivity contribution in [3.8, 4) is 0 Å². The van der Waals surface area contributed by atoms with Crippen molar-refractivity contribution in [1.82, 2.24) is 5.32 Å². The first-order valence-electron chi connectivity index (χ1n) is 6.73. The second-order valence-electron chi connectivity index (χ2n) is 4.77. The Morgan fingerprint density at radius 3 is 2.70 bits per heavy atom. The van der Waals surface area contributed by atoms with Crippen LogP contribution in [-0.4, -0.2) is 48.8 Å². The second-order valence-corrected chi connectivity index (χ2v) is 4.77. The minimum Gasteiger partial charge on any atom is -0.480 e. The molecule has 0 aromatic carbocycles. The smallest absolute Gasteiger partial charge is 0.326 e. The normalized spacial score (nSPS) is 19.9. The molecule has 0 spiro atoms. The summed E-state index contributed by atoms with van der Waals surface area (Å²) in [6.07, 6.45) is 2.80. The zero-order valence-corrected chi connectivity index (χ0v) is 11.6. The van der Waals surface area contributed by atoms with Gasteiger partial charge < -0.3 is 19.9 Å². The van der Waals surface area contributed by atoms with E-state index in [-0.39, 0.29) is 31.3 Å². The van der Waals surface area contributed by atoms with E-state index in [0.29, 0.717) is 6.61 Å². The second kappa shape index (κ2) is 8.52. The molecule has 1 saturated heterocycles. The molecule has 2 N–H and O–H groups in total. The van der Waals surface area contributed by atoms with Crippen LogP contribution in [0.3, 0.4) is 0 Å². The van der Waals surface area contributed by atoms with Crippen LogP contribution in [0.2, 0.25) is 0 Å². The Labute approximate surface area is 117 Å². The fourth-order valence-electron chi connectivity index (χ4n) is 2.05. The molecule has 1 heterocycles. The van der Waals surface area contributed by atoms with E-state index in [1.165, 1.54) is 7.11 Å². The van der Waals surface area contributed by atoms with Gasteiger partial charge in [-0.15, -0.1) is 0 Å². The third kappa shape index (κ3) is 6.01. The van der Waals surface area contributed by atoms with Gasteiger partial charge >= 0.3 is 11.9 Å². The quantitative estimate of drug-likeness (QED) is 0.660. The predicted octanol–water partition coefficient (Wildman–Crippen LogP) is 0.468. The SMILES string of the molecule is COC(=O)CC[C@H](NC(=O)CC1CCCCO1)C(=O)O. The Kier molecular flexibility index (Phi) is 7.00. The number of methoxy groups -OCH3 is 1. The Morgan fingerprint density at radius 2 is 2.15 bits per heavy atom. The lowest BCUT2D eigenvalue weighted by Gasteiger charge is -2.23. The highest BCUT2D eigenvalue weighted by Gasteiger charge is 2.24. The summed E-state index contributed by atoms with van der Waals surface area (Å²) in [4.78, 5) is 33.8. The van der Waals surface area contributed by atoms with Gasteiger partial charge in [0, 0.05) is 13.0 Å². The highest BCUT2D eigenvalue weighted by molar-refractivity contribution is 5.84. The number of rotatable bonds is 7. The van der Waals surface area contributed by atoms with Gasteiger partial charge in [-0.2, -0.15) is 0 Å². The highest BCUT2D eigenvalue weighted by Crippen LogP contribution is 2.15. The number of nitrogens with one attached hydrogen (secondary N) is 1. The van der Waals surface area contributed by atoms with Crippen LogP contribution < -0.4 is 5.32 Å². The summed E-state index contributed by atoms with van der Waals surface area (Å²) >= 11 is 0. The number of ether oxygens (including phenoxy) is 2. The number of amides is 1. The van der Waals surface area contributed by atoms with E-state index in [1.807, 2.05) is 0 Å². The lowest BCUT2D eigenvalue weighted by molar-refractivity contribution is -0.144. The van der Waals surface area contributed by atoms with Gasteiger partial charge in [-0.3, -0.25) is 9.59 Å². The molecule has 114 valence electrons. The van der Waals surface area contributed by atoms with Crippen molar-refractivity contribution in [2.75, 3.05) is 13.7 Å². The molecule has 1 rings (SSSR count). The number of carboxylic acids is 1. The van der Waals surface area contributed by atoms with E-state index in [2.05, 4.69) is 10.1 Å². The van der Waals surface area contributed by atoms with Gasteiger partial charge in [-0.1, -0.05) is 0 Å². The molecule has 1 aliphatic rings. The number of carboxylic acid groups (broad SMARTS) is 1. The third-order valence-electron chi connectivity index (χ3n) is 3.19. The number of carbonyl (C=O) groups is 3. The van der Waals surface area contributed by atoms with Crippen molar-refractivity contribution in [2.24, 2.45) is 0 Å². The molecule has 0 bridgehead atoms. The van der Waals surface area contributed by atoms with Crippen LogP contribution in [-0.2, 0) is 23.9 Å². The first kappa shape index (κ1) is 16.4. The average molecular weight is 287 g/mol. The first-order valence-corrected chi connectivity index (χ1v) is 6.73. The minimum absolute atomic E-state index is 0.0132. The monoisotopic (exact) mass is 287 g/mol. The lowest BCUT2D eigenvalue weighted by Crippen LogP contribution is -2.42. The number of esters is 1. The van der Waals surface area contributed by atoms with Crippen molar-refractivity contribution in [3.05, 3.63) is 0 Å². The fourth-order valence-corrected chi connectivity index (χ4v) is 2.05. The van der Waals surface area contributed by atoms with Gasteiger partial charge in [0.15, 0.2) is 0 Å². The number of carbonyl (C=O) groups excluding carboxylic acids is 2. The molecule has 7 heteroatoms. The average Bonchev–Trinajstić information content (AvgIpc) is 2.43. The Balaban J connectivity index is 2.37. The van der Waals surface area contributed by atoms with Gasteiger partial charge in [0.1, 0.15) is 6.04 Å². The van der Waals surface area contributed by atoms with Crippen LogP contribution in [0.1, 0.15) is 38.5 Å². The topological polar surface area (TPSA) is 102 Å². The molecule has 0 saturated carbocycles. The van der Waals surface area contributed by atoms with Crippen LogP contribution in [0.25, 0.3) is 0 Å². The highest BCUT2D eigenvalue weighted by atomic mass is 16.5. The third-order valence-corrected chi connectivity index (χ3v) is 3.19. The molecule has 0 aromatic rings. The molecule has 1 unspecified atom stereocenters. The predicted molar refractivity (Wildman–Crippen MR) is 69.0 cm³/mol. The maximum Gasteiger partial charge on any atom is 0.326 e. The van der Waals surface area contributed by atoms with E-state index in [9.17, 15) is 14.4 Å². The van der Waals surface area contributed by atoms with Crippen molar-refractivity contribution in [1.29, 1.82) is 0 Å². The van der Waals surface area contributed by atoms with Crippen LogP contribution in [0.15, 0.2) is 0 Å². The lowest BCUT2D eigenvalue weighted by atomic mass is 10.1. The Morgan fingerprint density at radius 1 is 1.40 bits per heavy atom. The number of hydrogen-bond donors (Lipinski definition) is 2.